The Balaban J connectivity index is 2.02. The van der Waals surface area contributed by atoms with Crippen LogP contribution in [0.25, 0.3) is 0 Å². The molecule has 0 bridgehead atoms. The Labute approximate surface area is 128 Å². The molecular weight excluding hydrogens is 294 g/mol. The molecule has 1 aliphatic heterocycles. The minimum atomic E-state index is -0.383. The predicted octanol–water partition coefficient (Wildman–Crippen LogP) is 0.743. The summed E-state index contributed by atoms with van der Waals surface area (Å²) in [6, 6.07) is 4.97. The maximum atomic E-state index is 11.9. The molecule has 114 valence electrons. The molecule has 0 unspecified atom stereocenters. The van der Waals surface area contributed by atoms with Gasteiger partial charge in [-0.15, -0.1) is 0 Å². The first-order valence-corrected chi connectivity index (χ1v) is 7.00. The number of esters is 1. The fourth-order valence-electron chi connectivity index (χ4n) is 2.01. The van der Waals surface area contributed by atoms with Crippen LogP contribution in [0.1, 0.15) is 0 Å². The number of carbonyl (C=O) groups excluding carboxylic acids is 2. The van der Waals surface area contributed by atoms with Crippen LogP contribution in [0.2, 0.25) is 5.02 Å². The molecule has 0 aliphatic carbocycles. The second-order valence-corrected chi connectivity index (χ2v) is 5.53. The third-order valence-electron chi connectivity index (χ3n) is 3.02. The van der Waals surface area contributed by atoms with Gasteiger partial charge in [0, 0.05) is 18.1 Å². The van der Waals surface area contributed by atoms with Crippen LogP contribution in [0.3, 0.4) is 0 Å². The number of hydrogen-bond donors (Lipinski definition) is 1. The summed E-state index contributed by atoms with van der Waals surface area (Å²) in [5.74, 6) is -0.0971. The van der Waals surface area contributed by atoms with Crippen molar-refractivity contribution in [2.24, 2.45) is 0 Å². The zero-order chi connectivity index (χ0) is 15.4. The highest BCUT2D eigenvalue weighted by molar-refractivity contribution is 6.31. The molecule has 6 nitrogen and oxygen atoms in total. The molecule has 7 heteroatoms. The van der Waals surface area contributed by atoms with Crippen molar-refractivity contribution >= 4 is 29.2 Å². The fraction of sp³-hybridized carbons (Fsp3) is 0.429. The average molecular weight is 312 g/mol. The summed E-state index contributed by atoms with van der Waals surface area (Å²) in [6.45, 7) is 1.45. The van der Waals surface area contributed by atoms with Crippen molar-refractivity contribution < 1.29 is 14.3 Å². The molecule has 0 spiro atoms. The van der Waals surface area contributed by atoms with Gasteiger partial charge in [0.25, 0.3) is 0 Å². The van der Waals surface area contributed by atoms with E-state index < -0.39 is 0 Å². The number of amides is 1. The third-order valence-corrected chi connectivity index (χ3v) is 3.26. The second-order valence-electron chi connectivity index (χ2n) is 5.10. The van der Waals surface area contributed by atoms with Crippen LogP contribution in [-0.2, 0) is 9.59 Å². The van der Waals surface area contributed by atoms with Crippen LogP contribution < -0.4 is 15.0 Å². The van der Waals surface area contributed by atoms with Crippen LogP contribution in [0, 0.1) is 0 Å². The number of fused-ring (bicyclic) bond motifs is 1. The van der Waals surface area contributed by atoms with Gasteiger partial charge >= 0.3 is 5.97 Å². The van der Waals surface area contributed by atoms with E-state index >= 15 is 0 Å². The van der Waals surface area contributed by atoms with Crippen molar-refractivity contribution in [1.29, 1.82) is 0 Å². The Morgan fingerprint density at radius 1 is 1.48 bits per heavy atom. The molecule has 1 N–H and O–H groups in total. The van der Waals surface area contributed by atoms with Crippen molar-refractivity contribution in [2.45, 2.75) is 0 Å². The van der Waals surface area contributed by atoms with Gasteiger partial charge in [-0.25, -0.2) is 4.79 Å². The Hall–Kier alpha value is -1.79. The van der Waals surface area contributed by atoms with E-state index in [2.05, 4.69) is 5.32 Å². The van der Waals surface area contributed by atoms with E-state index in [9.17, 15) is 9.59 Å². The molecule has 0 aromatic heterocycles. The van der Waals surface area contributed by atoms with Crippen LogP contribution in [0.15, 0.2) is 18.2 Å². The molecule has 0 saturated heterocycles. The summed E-state index contributed by atoms with van der Waals surface area (Å²) in [7, 11) is 3.87. The summed E-state index contributed by atoms with van der Waals surface area (Å²) in [6.07, 6.45) is 0. The van der Waals surface area contributed by atoms with Crippen molar-refractivity contribution in [3.05, 3.63) is 23.2 Å². The van der Waals surface area contributed by atoms with E-state index in [1.807, 2.05) is 19.0 Å². The monoisotopic (exact) mass is 311 g/mol. The number of nitrogens with one attached hydrogen (secondary N) is 1. The Morgan fingerprint density at radius 2 is 2.24 bits per heavy atom. The maximum Gasteiger partial charge on any atom is 0.331 e. The molecule has 1 heterocycles. The van der Waals surface area contributed by atoms with E-state index in [0.717, 1.165) is 6.54 Å². The first-order chi connectivity index (χ1) is 9.95. The normalized spacial score (nSPS) is 13.9. The number of likely N-dealkylation sites (N-methyl/N-ethyl adjacent to an activating group) is 1. The molecule has 21 heavy (non-hydrogen) atoms. The van der Waals surface area contributed by atoms with E-state index in [1.54, 1.807) is 23.1 Å². The number of halogens is 1. The molecule has 1 amide bonds. The minimum Gasteiger partial charge on any atom is -0.423 e. The lowest BCUT2D eigenvalue weighted by Crippen LogP contribution is -2.44. The minimum absolute atomic E-state index is 0.0362. The van der Waals surface area contributed by atoms with Crippen LogP contribution in [0.5, 0.6) is 5.75 Å². The van der Waals surface area contributed by atoms with Gasteiger partial charge in [0.05, 0.1) is 12.2 Å². The summed E-state index contributed by atoms with van der Waals surface area (Å²) < 4.78 is 5.13. The van der Waals surface area contributed by atoms with Crippen LogP contribution in [-0.4, -0.2) is 57.1 Å². The molecule has 1 aliphatic rings. The van der Waals surface area contributed by atoms with Gasteiger partial charge in [0.15, 0.2) is 5.75 Å². The molecular formula is C14H18ClN3O3. The van der Waals surface area contributed by atoms with Gasteiger partial charge in [-0.05, 0) is 32.3 Å². The number of rotatable bonds is 5. The molecule has 0 atom stereocenters. The van der Waals surface area contributed by atoms with Crippen LogP contribution >= 0.6 is 11.6 Å². The van der Waals surface area contributed by atoms with Gasteiger partial charge < -0.3 is 19.9 Å². The number of nitrogens with zero attached hydrogens (tertiary/aromatic N) is 2. The zero-order valence-corrected chi connectivity index (χ0v) is 12.8. The Kier molecular flexibility index (Phi) is 5.03. The fourth-order valence-corrected chi connectivity index (χ4v) is 2.18. The van der Waals surface area contributed by atoms with Crippen molar-refractivity contribution in [3.8, 4) is 5.75 Å². The molecule has 0 saturated carbocycles. The SMILES string of the molecule is CN(C)CCNC(=O)CN1CC(=O)Oc2ccc(Cl)cc21. The number of carbonyl (C=O) groups is 2. The van der Waals surface area contributed by atoms with Gasteiger partial charge in [0.1, 0.15) is 6.54 Å². The largest absolute Gasteiger partial charge is 0.423 e. The summed E-state index contributed by atoms with van der Waals surface area (Å²) in [5.41, 5.74) is 0.657. The van der Waals surface area contributed by atoms with Crippen molar-refractivity contribution in [2.75, 3.05) is 45.2 Å². The quantitative estimate of drug-likeness (QED) is 0.642. The topological polar surface area (TPSA) is 61.9 Å². The Morgan fingerprint density at radius 3 is 2.95 bits per heavy atom. The van der Waals surface area contributed by atoms with E-state index in [0.29, 0.717) is 23.0 Å². The zero-order valence-electron chi connectivity index (χ0n) is 12.1. The third kappa shape index (κ3) is 4.34. The van der Waals surface area contributed by atoms with Crippen LogP contribution in [0.4, 0.5) is 5.69 Å². The number of ether oxygens (including phenoxy) is 1. The highest BCUT2D eigenvalue weighted by Gasteiger charge is 2.25. The van der Waals surface area contributed by atoms with Crippen molar-refractivity contribution in [1.82, 2.24) is 10.2 Å². The standard InChI is InChI=1S/C14H18ClN3O3/c1-17(2)6-5-16-13(19)8-18-9-14(20)21-12-4-3-10(15)7-11(12)18/h3-4,7H,5-6,8-9H2,1-2H3,(H,16,19). The number of benzene rings is 1. The summed E-state index contributed by atoms with van der Waals surface area (Å²) in [4.78, 5) is 27.2. The molecule has 0 fully saturated rings. The Bertz CT molecular complexity index is 548. The van der Waals surface area contributed by atoms with Gasteiger partial charge in [-0.1, -0.05) is 11.6 Å². The van der Waals surface area contributed by atoms with E-state index in [4.69, 9.17) is 16.3 Å². The lowest BCUT2D eigenvalue weighted by Gasteiger charge is -2.29. The second kappa shape index (κ2) is 6.78. The van der Waals surface area contributed by atoms with Gasteiger partial charge in [-0.2, -0.15) is 0 Å². The smallest absolute Gasteiger partial charge is 0.331 e. The maximum absolute atomic E-state index is 11.9. The summed E-state index contributed by atoms with van der Waals surface area (Å²) in [5, 5.41) is 3.35. The highest BCUT2D eigenvalue weighted by atomic mass is 35.5. The lowest BCUT2D eigenvalue weighted by atomic mass is 10.2. The molecule has 1 aromatic carbocycles. The highest BCUT2D eigenvalue weighted by Crippen LogP contribution is 2.34. The van der Waals surface area contributed by atoms with E-state index in [-0.39, 0.29) is 25.0 Å². The first kappa shape index (κ1) is 15.6. The first-order valence-electron chi connectivity index (χ1n) is 6.62. The molecule has 0 radical (unpaired) electrons. The molecule has 1 aromatic rings. The van der Waals surface area contributed by atoms with E-state index in [1.165, 1.54) is 0 Å². The van der Waals surface area contributed by atoms with Gasteiger partial charge in [-0.3, -0.25) is 4.79 Å². The van der Waals surface area contributed by atoms with Crippen molar-refractivity contribution in [3.63, 3.8) is 0 Å². The lowest BCUT2D eigenvalue weighted by molar-refractivity contribution is -0.133. The summed E-state index contributed by atoms with van der Waals surface area (Å²) >= 11 is 5.96. The average Bonchev–Trinajstić information content (AvgIpc) is 2.39. The number of anilines is 1. The predicted molar refractivity (Wildman–Crippen MR) is 80.9 cm³/mol. The number of hydrogen-bond acceptors (Lipinski definition) is 5. The molecule has 2 rings (SSSR count). The van der Waals surface area contributed by atoms with Gasteiger partial charge in [0.2, 0.25) is 5.91 Å².